The minimum absolute atomic E-state index is 0.263. The van der Waals surface area contributed by atoms with Crippen molar-refractivity contribution >= 4 is 0 Å². The number of phenols is 1. The molecule has 4 heteroatoms. The Morgan fingerprint density at radius 1 is 1.11 bits per heavy atom. The van der Waals surface area contributed by atoms with Crippen LogP contribution >= 0.6 is 0 Å². The van der Waals surface area contributed by atoms with Crippen molar-refractivity contribution in [3.63, 3.8) is 0 Å². The second-order valence-electron chi connectivity index (χ2n) is 6.86. The Morgan fingerprint density at radius 2 is 1.74 bits per heavy atom. The third-order valence-electron chi connectivity index (χ3n) is 4.24. The highest BCUT2D eigenvalue weighted by atomic mass is 16.5. The fourth-order valence-corrected chi connectivity index (χ4v) is 2.84. The molecule has 2 aromatic rings. The number of hydrogen-bond donors (Lipinski definition) is 3. The molecule has 0 aliphatic heterocycles. The maximum Gasteiger partial charge on any atom is 0.121 e. The topological polar surface area (TPSA) is 69.9 Å². The largest absolute Gasteiger partial charge is 0.507 e. The van der Waals surface area contributed by atoms with Crippen molar-refractivity contribution in [1.82, 2.24) is 0 Å². The molecule has 144 valence electrons. The first-order chi connectivity index (χ1) is 12.9. The average molecular weight is 368 g/mol. The van der Waals surface area contributed by atoms with Crippen molar-refractivity contribution in [1.29, 1.82) is 0 Å². The minimum atomic E-state index is -0.682. The molecule has 2 rings (SSSR count). The van der Waals surface area contributed by atoms with Crippen molar-refractivity contribution < 1.29 is 20.1 Å². The fourth-order valence-electron chi connectivity index (χ4n) is 2.84. The van der Waals surface area contributed by atoms with Crippen LogP contribution in [0.15, 0.2) is 59.8 Å². The molecule has 0 radical (unpaired) electrons. The summed E-state index contributed by atoms with van der Waals surface area (Å²) in [6.45, 7) is 5.69. The molecule has 0 aliphatic rings. The maximum atomic E-state index is 10.4. The lowest BCUT2D eigenvalue weighted by atomic mass is 10.00. The molecular weight excluding hydrogens is 340 g/mol. The van der Waals surface area contributed by atoms with E-state index in [2.05, 4.69) is 5.73 Å². The van der Waals surface area contributed by atoms with Gasteiger partial charge in [-0.2, -0.15) is 0 Å². The fraction of sp³-hybridized carbons (Fsp3) is 0.348. The van der Waals surface area contributed by atoms with Gasteiger partial charge in [-0.3, -0.25) is 0 Å². The molecule has 0 saturated carbocycles. The Bertz CT molecular complexity index is 779. The molecule has 0 aliphatic carbocycles. The zero-order chi connectivity index (χ0) is 19.8. The number of aromatic hydroxyl groups is 1. The van der Waals surface area contributed by atoms with Crippen LogP contribution < -0.4 is 4.74 Å². The lowest BCUT2D eigenvalue weighted by Gasteiger charge is -2.12. The number of aryl methyl sites for hydroxylation is 2. The summed E-state index contributed by atoms with van der Waals surface area (Å²) in [7, 11) is 0. The smallest absolute Gasteiger partial charge is 0.121 e. The van der Waals surface area contributed by atoms with Crippen LogP contribution in [0.5, 0.6) is 11.5 Å². The predicted octanol–water partition coefficient (Wildman–Crippen LogP) is 4.36. The number of ether oxygens (including phenoxy) is 1. The minimum Gasteiger partial charge on any atom is -0.507 e. The Kier molecular flexibility index (Phi) is 7.68. The zero-order valence-electron chi connectivity index (χ0n) is 16.1. The number of para-hydroxylation sites is 1. The molecule has 3 N–H and O–H groups in total. The van der Waals surface area contributed by atoms with Gasteiger partial charge < -0.3 is 20.1 Å². The third-order valence-corrected chi connectivity index (χ3v) is 4.24. The van der Waals surface area contributed by atoms with E-state index in [0.717, 1.165) is 28.0 Å². The van der Waals surface area contributed by atoms with E-state index in [1.54, 1.807) is 25.1 Å². The van der Waals surface area contributed by atoms with E-state index < -0.39 is 12.2 Å². The lowest BCUT2D eigenvalue weighted by molar-refractivity contribution is 0.181. The average Bonchev–Trinajstić information content (AvgIpc) is 2.64. The van der Waals surface area contributed by atoms with E-state index in [9.17, 15) is 15.3 Å². The molecule has 2 aromatic carbocycles. The van der Waals surface area contributed by atoms with E-state index in [1.165, 1.54) is 0 Å². The SMILES string of the molecule is Cc1cc([C@H](O)CC=C=C(COc2ccccc2)C[C@H](C)O)cc(C)c1O. The summed E-state index contributed by atoms with van der Waals surface area (Å²) in [4.78, 5) is 0. The van der Waals surface area contributed by atoms with Gasteiger partial charge in [0, 0.05) is 18.4 Å². The normalized spacial score (nSPS) is 12.8. The van der Waals surface area contributed by atoms with Gasteiger partial charge in [-0.1, -0.05) is 18.2 Å². The molecule has 0 unspecified atom stereocenters. The monoisotopic (exact) mass is 368 g/mol. The Labute approximate surface area is 161 Å². The summed E-state index contributed by atoms with van der Waals surface area (Å²) < 4.78 is 5.73. The summed E-state index contributed by atoms with van der Waals surface area (Å²) in [6.07, 6.45) is 1.44. The van der Waals surface area contributed by atoms with Crippen molar-refractivity contribution in [2.75, 3.05) is 6.61 Å². The molecule has 0 aromatic heterocycles. The van der Waals surface area contributed by atoms with E-state index in [4.69, 9.17) is 4.74 Å². The summed E-state index contributed by atoms with van der Waals surface area (Å²) >= 11 is 0. The van der Waals surface area contributed by atoms with E-state index in [1.807, 2.05) is 44.2 Å². The molecule has 0 heterocycles. The lowest BCUT2D eigenvalue weighted by Crippen LogP contribution is -2.07. The molecule has 2 atom stereocenters. The first kappa shape index (κ1) is 20.8. The Hall–Kier alpha value is -2.52. The number of hydrogen-bond acceptors (Lipinski definition) is 4. The van der Waals surface area contributed by atoms with Crippen LogP contribution in [0.4, 0.5) is 0 Å². The van der Waals surface area contributed by atoms with Gasteiger partial charge in [-0.15, -0.1) is 5.73 Å². The van der Waals surface area contributed by atoms with Gasteiger partial charge in [0.2, 0.25) is 0 Å². The number of phenolic OH excluding ortho intramolecular Hbond substituents is 1. The van der Waals surface area contributed by atoms with Crippen molar-refractivity contribution in [2.24, 2.45) is 0 Å². The molecular formula is C23H28O4. The van der Waals surface area contributed by atoms with Gasteiger partial charge in [0.1, 0.15) is 18.1 Å². The summed E-state index contributed by atoms with van der Waals surface area (Å²) in [6, 6.07) is 13.1. The van der Waals surface area contributed by atoms with Crippen molar-refractivity contribution in [2.45, 2.75) is 45.8 Å². The van der Waals surface area contributed by atoms with Crippen molar-refractivity contribution in [3.8, 4) is 11.5 Å². The third kappa shape index (κ3) is 6.61. The number of rotatable bonds is 8. The van der Waals surface area contributed by atoms with Gasteiger partial charge in [-0.05, 0) is 67.8 Å². The molecule has 4 nitrogen and oxygen atoms in total. The van der Waals surface area contributed by atoms with Gasteiger partial charge in [0.05, 0.1) is 12.2 Å². The van der Waals surface area contributed by atoms with Crippen LogP contribution in [0.1, 0.15) is 42.6 Å². The summed E-state index contributed by atoms with van der Waals surface area (Å²) in [5, 5.41) is 30.0. The van der Waals surface area contributed by atoms with Gasteiger partial charge >= 0.3 is 0 Å². The van der Waals surface area contributed by atoms with E-state index in [0.29, 0.717) is 19.4 Å². The van der Waals surface area contributed by atoms with Crippen LogP contribution in [-0.2, 0) is 0 Å². The molecule has 0 bridgehead atoms. The van der Waals surface area contributed by atoms with Gasteiger partial charge in [-0.25, -0.2) is 0 Å². The second kappa shape index (κ2) is 9.98. The van der Waals surface area contributed by atoms with Crippen molar-refractivity contribution in [3.05, 3.63) is 76.5 Å². The molecule has 27 heavy (non-hydrogen) atoms. The highest BCUT2D eigenvalue weighted by Crippen LogP contribution is 2.27. The highest BCUT2D eigenvalue weighted by molar-refractivity contribution is 5.42. The Balaban J connectivity index is 2.07. The first-order valence-electron chi connectivity index (χ1n) is 9.13. The van der Waals surface area contributed by atoms with Crippen LogP contribution in [-0.4, -0.2) is 28.0 Å². The van der Waals surface area contributed by atoms with Gasteiger partial charge in [0.15, 0.2) is 0 Å². The molecule has 0 amide bonds. The summed E-state index contributed by atoms with van der Waals surface area (Å²) in [5.74, 6) is 1.02. The molecule has 0 saturated heterocycles. The molecule has 0 fully saturated rings. The Morgan fingerprint density at radius 3 is 2.33 bits per heavy atom. The first-order valence-corrected chi connectivity index (χ1v) is 9.13. The number of aliphatic hydroxyl groups excluding tert-OH is 2. The van der Waals surface area contributed by atoms with Gasteiger partial charge in [0.25, 0.3) is 0 Å². The van der Waals surface area contributed by atoms with E-state index in [-0.39, 0.29) is 5.75 Å². The highest BCUT2D eigenvalue weighted by Gasteiger charge is 2.10. The quantitative estimate of drug-likeness (QED) is 0.606. The summed E-state index contributed by atoms with van der Waals surface area (Å²) in [5.41, 5.74) is 6.24. The van der Waals surface area contributed by atoms with Crippen LogP contribution in [0.25, 0.3) is 0 Å². The number of benzene rings is 2. The van der Waals surface area contributed by atoms with E-state index >= 15 is 0 Å². The number of aliphatic hydroxyl groups is 2. The maximum absolute atomic E-state index is 10.4. The van der Waals surface area contributed by atoms with Crippen LogP contribution in [0.2, 0.25) is 0 Å². The predicted molar refractivity (Wildman–Crippen MR) is 107 cm³/mol. The zero-order valence-corrected chi connectivity index (χ0v) is 16.1. The second-order valence-corrected chi connectivity index (χ2v) is 6.86. The van der Waals surface area contributed by atoms with Crippen LogP contribution in [0.3, 0.4) is 0 Å². The molecule has 0 spiro atoms. The van der Waals surface area contributed by atoms with Crippen LogP contribution in [0, 0.1) is 13.8 Å². The standard InChI is InChI=1S/C23H28O4/c1-16-12-20(13-17(2)23(16)26)22(25)11-7-8-19(14-18(3)24)15-27-21-9-5-4-6-10-21/h4-7,9-10,12-13,18,22,24-26H,11,14-15H2,1-3H3/t8?,18-,22+/m0/s1.